The van der Waals surface area contributed by atoms with E-state index in [0.717, 1.165) is 96.3 Å². The Hall–Kier alpha value is -2.75. The predicted octanol–water partition coefficient (Wildman–Crippen LogP) is 18.2. The van der Waals surface area contributed by atoms with Crippen LogP contribution in [0.3, 0.4) is 0 Å². The lowest BCUT2D eigenvalue weighted by Gasteiger charge is -2.21. The van der Waals surface area contributed by atoms with Gasteiger partial charge in [0.2, 0.25) is 0 Å². The van der Waals surface area contributed by atoms with Crippen LogP contribution in [0, 0.1) is 0 Å². The monoisotopic (exact) mass is 1240 g/mol. The Labute approximate surface area is 516 Å². The number of hydrogen-bond acceptors (Lipinski definition) is 14. The molecule has 0 aromatic heterocycles. The van der Waals surface area contributed by atoms with E-state index < -0.39 is 91.5 Å². The first-order chi connectivity index (χ1) is 41.2. The molecule has 5 unspecified atom stereocenters. The van der Waals surface area contributed by atoms with Crippen molar-refractivity contribution in [2.45, 2.75) is 309 Å². The van der Waals surface area contributed by atoms with Crippen molar-refractivity contribution in [1.82, 2.24) is 0 Å². The molecule has 16 nitrogen and oxygen atoms in total. The smallest absolute Gasteiger partial charge is 0.463 e. The summed E-state index contributed by atoms with van der Waals surface area (Å²) in [6.07, 6.45) is 61.3. The van der Waals surface area contributed by atoms with E-state index in [1.165, 1.54) is 135 Å². The van der Waals surface area contributed by atoms with Gasteiger partial charge in [0.25, 0.3) is 0 Å². The van der Waals surface area contributed by atoms with E-state index in [1.54, 1.807) is 0 Å². The van der Waals surface area contributed by atoms with Crippen molar-refractivity contribution in [1.29, 1.82) is 0 Å². The Bertz CT molecular complexity index is 1800. The molecule has 0 aromatic rings. The SMILES string of the molecule is CC/C=C\C/C=C\C/C=C\C/C=C\C/C=C\CCCCCC(=O)OCC(O)COP(=O)(O)OCC(O)COP(=O)(O)OCC(COC(=O)CCCCCCCCCCCCCCCCC)OC(=O)CCCCCCCCCCCCCCCCC. The van der Waals surface area contributed by atoms with Crippen molar-refractivity contribution in [2.75, 3.05) is 39.6 Å². The highest BCUT2D eigenvalue weighted by molar-refractivity contribution is 7.47. The number of allylic oxidation sites excluding steroid dienone is 10. The lowest BCUT2D eigenvalue weighted by atomic mass is 10.0. The second-order valence-corrected chi connectivity index (χ2v) is 25.5. The standard InChI is InChI=1S/C67H122O16P2/c1-4-7-10-13-16-19-22-25-28-29-30-31-34-36-38-41-44-47-50-53-65(70)77-56-62(68)57-79-84(73,74)80-58-63(69)59-81-85(75,76)82-61-64(83-67(72)55-52-49-46-43-40-37-33-27-24-21-18-15-12-9-6-3)60-78-66(71)54-51-48-45-42-39-35-32-26-23-20-17-14-11-8-5-2/h7,10,16,19,25,28,30-31,36,38,62-64,68-69H,4-6,8-9,11-15,17-18,20-24,26-27,29,32-35,37,39-61H2,1-3H3,(H,73,74)(H,75,76)/b10-7-,19-16-,28-25-,31-30-,38-36-. The second kappa shape index (κ2) is 61.5. The molecular formula is C67H122O16P2. The molecule has 4 N–H and O–H groups in total. The summed E-state index contributed by atoms with van der Waals surface area (Å²) in [5.74, 6) is -1.59. The molecule has 0 aliphatic heterocycles. The number of unbranched alkanes of at least 4 members (excludes halogenated alkanes) is 31. The van der Waals surface area contributed by atoms with Crippen LogP contribution in [0.5, 0.6) is 0 Å². The molecule has 0 saturated carbocycles. The number of carbonyl (C=O) groups excluding carboxylic acids is 3. The summed E-state index contributed by atoms with van der Waals surface area (Å²) < 4.78 is 60.8. The Morgan fingerprint density at radius 1 is 0.341 bits per heavy atom. The molecule has 0 rings (SSSR count). The number of esters is 3. The van der Waals surface area contributed by atoms with Crippen LogP contribution in [0.1, 0.15) is 290 Å². The zero-order chi connectivity index (χ0) is 62.4. The summed E-state index contributed by atoms with van der Waals surface area (Å²) in [4.78, 5) is 58.3. The van der Waals surface area contributed by atoms with E-state index in [4.69, 9.17) is 32.3 Å². The number of aliphatic hydroxyl groups is 2. The van der Waals surface area contributed by atoms with Crippen molar-refractivity contribution in [3.63, 3.8) is 0 Å². The molecule has 0 amide bonds. The van der Waals surface area contributed by atoms with Gasteiger partial charge in [0.05, 0.1) is 26.4 Å². The van der Waals surface area contributed by atoms with Crippen molar-refractivity contribution >= 4 is 33.6 Å². The predicted molar refractivity (Wildman–Crippen MR) is 344 cm³/mol. The first-order valence-electron chi connectivity index (χ1n) is 33.6. The van der Waals surface area contributed by atoms with Crippen LogP contribution in [-0.2, 0) is 55.8 Å². The molecule has 18 heteroatoms. The molecule has 0 fully saturated rings. The highest BCUT2D eigenvalue weighted by Gasteiger charge is 2.29. The van der Waals surface area contributed by atoms with Gasteiger partial charge in [-0.25, -0.2) is 9.13 Å². The minimum atomic E-state index is -4.92. The van der Waals surface area contributed by atoms with Crippen molar-refractivity contribution in [2.24, 2.45) is 0 Å². The van der Waals surface area contributed by atoms with Gasteiger partial charge in [-0.1, -0.05) is 268 Å². The number of hydrogen-bond donors (Lipinski definition) is 4. The Kier molecular flexibility index (Phi) is 59.5. The van der Waals surface area contributed by atoms with Gasteiger partial charge in [-0.15, -0.1) is 0 Å². The molecule has 0 heterocycles. The highest BCUT2D eigenvalue weighted by Crippen LogP contribution is 2.45. The number of rotatable bonds is 64. The van der Waals surface area contributed by atoms with Gasteiger partial charge >= 0.3 is 33.6 Å². The van der Waals surface area contributed by atoms with Gasteiger partial charge < -0.3 is 34.2 Å². The third kappa shape index (κ3) is 62.7. The average molecular weight is 1250 g/mol. The average Bonchev–Trinajstić information content (AvgIpc) is 3.52. The van der Waals surface area contributed by atoms with Crippen LogP contribution in [0.25, 0.3) is 0 Å². The normalized spacial score (nSPS) is 14.7. The molecule has 5 atom stereocenters. The minimum Gasteiger partial charge on any atom is -0.463 e. The summed E-state index contributed by atoms with van der Waals surface area (Å²) in [7, 11) is -9.77. The molecule has 0 aliphatic rings. The molecular weight excluding hydrogens is 1120 g/mol. The van der Waals surface area contributed by atoms with E-state index in [9.17, 15) is 43.5 Å². The maximum Gasteiger partial charge on any atom is 0.472 e. The van der Waals surface area contributed by atoms with Crippen LogP contribution < -0.4 is 0 Å². The lowest BCUT2D eigenvalue weighted by molar-refractivity contribution is -0.161. The summed E-state index contributed by atoms with van der Waals surface area (Å²) in [5, 5.41) is 20.5. The van der Waals surface area contributed by atoms with Gasteiger partial charge in [0, 0.05) is 19.3 Å². The molecule has 0 bridgehead atoms. The van der Waals surface area contributed by atoms with Crippen LogP contribution in [-0.4, -0.2) is 95.9 Å². The number of ether oxygens (including phenoxy) is 3. The van der Waals surface area contributed by atoms with E-state index in [0.29, 0.717) is 19.3 Å². The largest absolute Gasteiger partial charge is 0.472 e. The van der Waals surface area contributed by atoms with Crippen LogP contribution in [0.2, 0.25) is 0 Å². The summed E-state index contributed by atoms with van der Waals surface area (Å²) in [5.41, 5.74) is 0. The molecule has 0 saturated heterocycles. The topological polar surface area (TPSA) is 231 Å². The number of phosphoric ester groups is 2. The number of aliphatic hydroxyl groups excluding tert-OH is 2. The Morgan fingerprint density at radius 2 is 0.624 bits per heavy atom. The van der Waals surface area contributed by atoms with Crippen molar-refractivity contribution < 1.29 is 75.8 Å². The van der Waals surface area contributed by atoms with E-state index in [1.807, 2.05) is 0 Å². The number of phosphoric acid groups is 2. The molecule has 85 heavy (non-hydrogen) atoms. The van der Waals surface area contributed by atoms with Gasteiger partial charge in [-0.05, 0) is 64.2 Å². The fourth-order valence-electron chi connectivity index (χ4n) is 9.13. The maximum atomic E-state index is 12.9. The van der Waals surface area contributed by atoms with E-state index in [-0.39, 0.29) is 19.3 Å². The fraction of sp³-hybridized carbons (Fsp3) is 0.806. The van der Waals surface area contributed by atoms with Crippen molar-refractivity contribution in [3.05, 3.63) is 60.8 Å². The molecule has 0 aliphatic carbocycles. The van der Waals surface area contributed by atoms with Crippen LogP contribution >= 0.6 is 15.6 Å². The van der Waals surface area contributed by atoms with Gasteiger partial charge in [-0.2, -0.15) is 0 Å². The molecule has 0 aromatic carbocycles. The quantitative estimate of drug-likeness (QED) is 0.0146. The van der Waals surface area contributed by atoms with Gasteiger partial charge in [0.1, 0.15) is 25.4 Å². The van der Waals surface area contributed by atoms with Crippen LogP contribution in [0.4, 0.5) is 0 Å². The minimum absolute atomic E-state index is 0.112. The Balaban J connectivity index is 4.66. The third-order valence-electron chi connectivity index (χ3n) is 14.3. The van der Waals surface area contributed by atoms with Crippen molar-refractivity contribution in [3.8, 4) is 0 Å². The summed E-state index contributed by atoms with van der Waals surface area (Å²) in [6.45, 7) is 2.56. The lowest BCUT2D eigenvalue weighted by Crippen LogP contribution is -2.30. The third-order valence-corrected chi connectivity index (χ3v) is 16.2. The highest BCUT2D eigenvalue weighted by atomic mass is 31.2. The first kappa shape index (κ1) is 82.2. The molecule has 0 spiro atoms. The Morgan fingerprint density at radius 3 is 0.988 bits per heavy atom. The van der Waals surface area contributed by atoms with E-state index >= 15 is 0 Å². The first-order valence-corrected chi connectivity index (χ1v) is 36.6. The van der Waals surface area contributed by atoms with E-state index in [2.05, 4.69) is 81.5 Å². The second-order valence-electron chi connectivity index (χ2n) is 22.6. The van der Waals surface area contributed by atoms with Gasteiger partial charge in [-0.3, -0.25) is 32.5 Å². The molecule has 496 valence electrons. The van der Waals surface area contributed by atoms with Crippen LogP contribution in [0.15, 0.2) is 60.8 Å². The zero-order valence-electron chi connectivity index (χ0n) is 53.5. The van der Waals surface area contributed by atoms with Gasteiger partial charge in [0.15, 0.2) is 6.10 Å². The fourth-order valence-corrected chi connectivity index (χ4v) is 10.7. The molecule has 0 radical (unpaired) electrons. The maximum absolute atomic E-state index is 12.9. The summed E-state index contributed by atoms with van der Waals surface area (Å²) >= 11 is 0. The summed E-state index contributed by atoms with van der Waals surface area (Å²) in [6, 6.07) is 0. The zero-order valence-corrected chi connectivity index (χ0v) is 55.3. The number of carbonyl (C=O) groups is 3.